The van der Waals surface area contributed by atoms with Crippen molar-refractivity contribution in [2.24, 2.45) is 0 Å². The van der Waals surface area contributed by atoms with Crippen LogP contribution in [0.15, 0.2) is 82.2 Å². The van der Waals surface area contributed by atoms with Gasteiger partial charge >= 0.3 is 0 Å². The SMILES string of the molecule is CCCNC(=O)[C@@H](C)N(Cc1cccc(Br)c1)C(=O)CN(c1ccc(Cl)c(Cl)c1)S(=O)(=O)c1ccccc1. The maximum absolute atomic E-state index is 13.8. The molecule has 38 heavy (non-hydrogen) atoms. The van der Waals surface area contributed by atoms with Crippen LogP contribution in [-0.2, 0) is 26.2 Å². The van der Waals surface area contributed by atoms with Crippen LogP contribution < -0.4 is 9.62 Å². The third-order valence-corrected chi connectivity index (χ3v) is 8.78. The van der Waals surface area contributed by atoms with E-state index in [4.69, 9.17) is 23.2 Å². The number of nitrogens with zero attached hydrogens (tertiary/aromatic N) is 2. The van der Waals surface area contributed by atoms with Gasteiger partial charge in [-0.15, -0.1) is 0 Å². The molecule has 3 rings (SSSR count). The quantitative estimate of drug-likeness (QED) is 0.283. The van der Waals surface area contributed by atoms with E-state index in [0.717, 1.165) is 20.8 Å². The normalized spacial score (nSPS) is 12.0. The molecular formula is C27H28BrCl2N3O4S. The lowest BCUT2D eigenvalue weighted by molar-refractivity contribution is -0.139. The van der Waals surface area contributed by atoms with E-state index in [1.807, 2.05) is 31.2 Å². The van der Waals surface area contributed by atoms with E-state index >= 15 is 0 Å². The predicted octanol–water partition coefficient (Wildman–Crippen LogP) is 5.89. The Balaban J connectivity index is 2.03. The highest BCUT2D eigenvalue weighted by Gasteiger charge is 2.32. The highest BCUT2D eigenvalue weighted by molar-refractivity contribution is 9.10. The number of hydrogen-bond acceptors (Lipinski definition) is 4. The van der Waals surface area contributed by atoms with Crippen molar-refractivity contribution in [3.05, 3.63) is 92.9 Å². The van der Waals surface area contributed by atoms with Gasteiger partial charge in [-0.25, -0.2) is 8.42 Å². The number of sulfonamides is 1. The summed E-state index contributed by atoms with van der Waals surface area (Å²) in [5, 5.41) is 3.20. The second-order valence-electron chi connectivity index (χ2n) is 8.54. The van der Waals surface area contributed by atoms with E-state index in [1.54, 1.807) is 25.1 Å². The third kappa shape index (κ3) is 7.50. The Morgan fingerprint density at radius 2 is 1.68 bits per heavy atom. The lowest BCUT2D eigenvalue weighted by Gasteiger charge is -2.32. The molecule has 0 spiro atoms. The molecule has 0 heterocycles. The first kappa shape index (κ1) is 30.0. The van der Waals surface area contributed by atoms with E-state index in [9.17, 15) is 18.0 Å². The minimum atomic E-state index is -4.18. The molecule has 0 radical (unpaired) electrons. The zero-order chi connectivity index (χ0) is 27.9. The molecule has 1 atom stereocenters. The Morgan fingerprint density at radius 3 is 2.32 bits per heavy atom. The van der Waals surface area contributed by atoms with Crippen molar-refractivity contribution in [2.75, 3.05) is 17.4 Å². The number of benzene rings is 3. The fourth-order valence-corrected chi connectivity index (χ4v) is 5.87. The molecule has 0 saturated carbocycles. The maximum atomic E-state index is 13.8. The van der Waals surface area contributed by atoms with Gasteiger partial charge in [0, 0.05) is 17.6 Å². The molecule has 3 aromatic rings. The average molecular weight is 641 g/mol. The van der Waals surface area contributed by atoms with Gasteiger partial charge in [0.05, 0.1) is 20.6 Å². The van der Waals surface area contributed by atoms with Crippen molar-refractivity contribution >= 4 is 66.7 Å². The fourth-order valence-electron chi connectivity index (χ4n) is 3.70. The molecule has 0 bridgehead atoms. The minimum absolute atomic E-state index is 0.00569. The van der Waals surface area contributed by atoms with Crippen LogP contribution in [0.1, 0.15) is 25.8 Å². The minimum Gasteiger partial charge on any atom is -0.354 e. The van der Waals surface area contributed by atoms with Gasteiger partial charge in [0.1, 0.15) is 12.6 Å². The van der Waals surface area contributed by atoms with Crippen LogP contribution in [0.3, 0.4) is 0 Å². The number of halogens is 3. The molecule has 0 unspecified atom stereocenters. The number of anilines is 1. The highest BCUT2D eigenvalue weighted by Crippen LogP contribution is 2.31. The lowest BCUT2D eigenvalue weighted by Crippen LogP contribution is -2.51. The monoisotopic (exact) mass is 639 g/mol. The van der Waals surface area contributed by atoms with Gasteiger partial charge in [-0.2, -0.15) is 0 Å². The molecule has 0 saturated heterocycles. The Hall–Kier alpha value is -2.59. The molecule has 0 aromatic heterocycles. The molecule has 7 nitrogen and oxygen atoms in total. The van der Waals surface area contributed by atoms with Crippen LogP contribution in [-0.4, -0.2) is 44.3 Å². The zero-order valence-corrected chi connectivity index (χ0v) is 24.8. The Morgan fingerprint density at radius 1 is 0.974 bits per heavy atom. The van der Waals surface area contributed by atoms with Crippen LogP contribution in [0, 0.1) is 0 Å². The van der Waals surface area contributed by atoms with Crippen LogP contribution >= 0.6 is 39.1 Å². The second kappa shape index (κ2) is 13.5. The molecular weight excluding hydrogens is 613 g/mol. The first-order chi connectivity index (χ1) is 18.0. The second-order valence-corrected chi connectivity index (χ2v) is 12.1. The van der Waals surface area contributed by atoms with Crippen molar-refractivity contribution in [3.8, 4) is 0 Å². The number of carbonyl (C=O) groups is 2. The molecule has 1 N–H and O–H groups in total. The third-order valence-electron chi connectivity index (χ3n) is 5.76. The van der Waals surface area contributed by atoms with Gasteiger partial charge in [0.15, 0.2) is 0 Å². The summed E-state index contributed by atoms with van der Waals surface area (Å²) >= 11 is 15.7. The van der Waals surface area contributed by atoms with Gasteiger partial charge in [0.25, 0.3) is 10.0 Å². The molecule has 11 heteroatoms. The van der Waals surface area contributed by atoms with Crippen molar-refractivity contribution in [2.45, 2.75) is 37.8 Å². The molecule has 0 aliphatic heterocycles. The predicted molar refractivity (Wildman–Crippen MR) is 155 cm³/mol. The number of amides is 2. The highest BCUT2D eigenvalue weighted by atomic mass is 79.9. The number of nitrogens with one attached hydrogen (secondary N) is 1. The van der Waals surface area contributed by atoms with Crippen LogP contribution in [0.25, 0.3) is 0 Å². The molecule has 202 valence electrons. The molecule has 0 aliphatic carbocycles. The molecule has 0 fully saturated rings. The Bertz CT molecular complexity index is 1390. The number of rotatable bonds is 11. The molecule has 0 aliphatic rings. The van der Waals surface area contributed by atoms with Crippen molar-refractivity contribution in [1.82, 2.24) is 10.2 Å². The zero-order valence-electron chi connectivity index (χ0n) is 20.9. The number of hydrogen-bond donors (Lipinski definition) is 1. The van der Waals surface area contributed by atoms with Gasteiger partial charge in [-0.3, -0.25) is 13.9 Å². The molecule has 2 amide bonds. The van der Waals surface area contributed by atoms with Gasteiger partial charge < -0.3 is 10.2 Å². The van der Waals surface area contributed by atoms with E-state index in [-0.39, 0.29) is 33.1 Å². The van der Waals surface area contributed by atoms with Crippen molar-refractivity contribution < 1.29 is 18.0 Å². The summed E-state index contributed by atoms with van der Waals surface area (Å²) in [6.45, 7) is 3.54. The summed E-state index contributed by atoms with van der Waals surface area (Å²) in [7, 11) is -4.18. The maximum Gasteiger partial charge on any atom is 0.264 e. The molecule has 3 aromatic carbocycles. The standard InChI is InChI=1S/C27H28BrCl2N3O4S/c1-3-14-31-27(35)19(2)32(17-20-8-7-9-21(28)15-20)26(34)18-33(22-12-13-24(29)25(30)16-22)38(36,37)23-10-5-4-6-11-23/h4-13,15-16,19H,3,14,17-18H2,1-2H3,(H,31,35)/t19-/m1/s1. The first-order valence-corrected chi connectivity index (χ1v) is 14.9. The van der Waals surface area contributed by atoms with Crippen LogP contribution in [0.4, 0.5) is 5.69 Å². The Labute approximate surface area is 241 Å². The summed E-state index contributed by atoms with van der Waals surface area (Å²) in [5.74, 6) is -0.892. The summed E-state index contributed by atoms with van der Waals surface area (Å²) in [6.07, 6.45) is 0.735. The van der Waals surface area contributed by atoms with Gasteiger partial charge in [0.2, 0.25) is 11.8 Å². The Kier molecular flexibility index (Phi) is 10.6. The summed E-state index contributed by atoms with van der Waals surface area (Å²) in [6, 6.07) is 18.6. The van der Waals surface area contributed by atoms with E-state index in [0.29, 0.717) is 6.54 Å². The van der Waals surface area contributed by atoms with Gasteiger partial charge in [-0.05, 0) is 61.4 Å². The summed E-state index contributed by atoms with van der Waals surface area (Å²) < 4.78 is 29.3. The van der Waals surface area contributed by atoms with E-state index in [2.05, 4.69) is 21.2 Å². The first-order valence-electron chi connectivity index (χ1n) is 11.9. The summed E-state index contributed by atoms with van der Waals surface area (Å²) in [5.41, 5.74) is 0.942. The largest absolute Gasteiger partial charge is 0.354 e. The number of carbonyl (C=O) groups excluding carboxylic acids is 2. The van der Waals surface area contributed by atoms with Crippen molar-refractivity contribution in [1.29, 1.82) is 0 Å². The topological polar surface area (TPSA) is 86.8 Å². The van der Waals surface area contributed by atoms with Gasteiger partial charge in [-0.1, -0.05) is 76.4 Å². The lowest BCUT2D eigenvalue weighted by atomic mass is 10.1. The van der Waals surface area contributed by atoms with E-state index < -0.39 is 28.5 Å². The smallest absolute Gasteiger partial charge is 0.264 e. The average Bonchev–Trinajstić information content (AvgIpc) is 2.90. The van der Waals surface area contributed by atoms with Crippen LogP contribution in [0.2, 0.25) is 10.0 Å². The van der Waals surface area contributed by atoms with Crippen LogP contribution in [0.5, 0.6) is 0 Å². The van der Waals surface area contributed by atoms with E-state index in [1.165, 1.54) is 35.2 Å². The fraction of sp³-hybridized carbons (Fsp3) is 0.259. The summed E-state index contributed by atoms with van der Waals surface area (Å²) in [4.78, 5) is 28.1. The van der Waals surface area contributed by atoms with Crippen molar-refractivity contribution in [3.63, 3.8) is 0 Å².